The molecule has 0 radical (unpaired) electrons. The zero-order chi connectivity index (χ0) is 21.0. The largest absolute Gasteiger partial charge is 0.466 e. The summed E-state index contributed by atoms with van der Waals surface area (Å²) in [6.45, 7) is 4.84. The maximum absolute atomic E-state index is 13.0. The van der Waals surface area contributed by atoms with Gasteiger partial charge in [0.1, 0.15) is 12.0 Å². The van der Waals surface area contributed by atoms with Gasteiger partial charge in [-0.25, -0.2) is 4.79 Å². The number of carbonyl (C=O) groups is 3. The maximum atomic E-state index is 13.0. The van der Waals surface area contributed by atoms with E-state index in [1.165, 1.54) is 0 Å². The van der Waals surface area contributed by atoms with E-state index in [2.05, 4.69) is 0 Å². The van der Waals surface area contributed by atoms with Crippen LogP contribution in [-0.4, -0.2) is 70.8 Å². The van der Waals surface area contributed by atoms with Gasteiger partial charge in [-0.3, -0.25) is 9.59 Å². The number of hydrogen-bond acceptors (Lipinski definition) is 6. The van der Waals surface area contributed by atoms with Crippen LogP contribution in [0.15, 0.2) is 30.3 Å². The average molecular weight is 404 g/mol. The fourth-order valence-electron chi connectivity index (χ4n) is 4.44. The van der Waals surface area contributed by atoms with Crippen molar-refractivity contribution in [1.29, 1.82) is 0 Å². The Balaban J connectivity index is 1.91. The molecule has 2 saturated heterocycles. The molecule has 0 saturated carbocycles. The van der Waals surface area contributed by atoms with E-state index < -0.39 is 35.5 Å². The molecule has 0 aliphatic carbocycles. The highest BCUT2D eigenvalue weighted by atomic mass is 16.6. The summed E-state index contributed by atoms with van der Waals surface area (Å²) in [5.74, 6) is -2.03. The monoisotopic (exact) mass is 404 g/mol. The Labute approximate surface area is 170 Å². The zero-order valence-corrected chi connectivity index (χ0v) is 16.9. The van der Waals surface area contributed by atoms with E-state index in [-0.39, 0.29) is 19.8 Å². The molecule has 0 bridgehead atoms. The van der Waals surface area contributed by atoms with Crippen LogP contribution in [0.3, 0.4) is 0 Å². The number of hydrogen-bond donors (Lipinski definition) is 1. The molecular weight excluding hydrogens is 376 g/mol. The molecule has 29 heavy (non-hydrogen) atoms. The highest BCUT2D eigenvalue weighted by Crippen LogP contribution is 2.45. The lowest BCUT2D eigenvalue weighted by atomic mass is 9.76. The number of likely N-dealkylation sites (tertiary alicyclic amines) is 2. The van der Waals surface area contributed by atoms with Gasteiger partial charge in [-0.05, 0) is 32.3 Å². The Morgan fingerprint density at radius 2 is 1.72 bits per heavy atom. The second-order valence-corrected chi connectivity index (χ2v) is 7.37. The van der Waals surface area contributed by atoms with Crippen molar-refractivity contribution in [3.05, 3.63) is 35.9 Å². The van der Waals surface area contributed by atoms with E-state index in [1.54, 1.807) is 23.6 Å². The summed E-state index contributed by atoms with van der Waals surface area (Å²) in [5, 5.41) is 10.7. The molecule has 1 N–H and O–H groups in total. The number of benzene rings is 1. The summed E-state index contributed by atoms with van der Waals surface area (Å²) < 4.78 is 10.3. The SMILES string of the molecule is CCOC(=O)[C@H]1[C@@H](O)C(=O)N(Cc2ccccc2)C12CCN(C(=O)OCC)CC2. The molecule has 2 atom stereocenters. The minimum atomic E-state index is -1.45. The molecule has 2 amide bonds. The molecule has 1 aromatic carbocycles. The predicted octanol–water partition coefficient (Wildman–Crippen LogP) is 1.56. The molecule has 8 heteroatoms. The standard InChI is InChI=1S/C21H28N2O6/c1-3-28-19(26)16-17(24)18(25)23(14-15-8-6-5-7-9-15)21(16)10-12-22(13-11-21)20(27)29-4-2/h5-9,16-17,24H,3-4,10-14H2,1-2H3/t16-,17-/m1/s1. The number of nitrogens with zero attached hydrogens (tertiary/aromatic N) is 2. The molecule has 158 valence electrons. The van der Waals surface area contributed by atoms with E-state index in [4.69, 9.17) is 9.47 Å². The van der Waals surface area contributed by atoms with Gasteiger partial charge in [0.05, 0.1) is 18.8 Å². The summed E-state index contributed by atoms with van der Waals surface area (Å²) >= 11 is 0. The lowest BCUT2D eigenvalue weighted by molar-refractivity contribution is -0.156. The number of piperidine rings is 1. The summed E-state index contributed by atoms with van der Waals surface area (Å²) in [7, 11) is 0. The summed E-state index contributed by atoms with van der Waals surface area (Å²) in [4.78, 5) is 41.0. The van der Waals surface area contributed by atoms with Gasteiger partial charge < -0.3 is 24.4 Å². The summed E-state index contributed by atoms with van der Waals surface area (Å²) in [6.07, 6.45) is -1.13. The topological polar surface area (TPSA) is 96.4 Å². The first-order valence-corrected chi connectivity index (χ1v) is 10.1. The molecular formula is C21H28N2O6. The first-order valence-electron chi connectivity index (χ1n) is 10.1. The Kier molecular flexibility index (Phi) is 6.42. The molecule has 2 fully saturated rings. The van der Waals surface area contributed by atoms with Gasteiger partial charge in [0.25, 0.3) is 5.91 Å². The van der Waals surface area contributed by atoms with Crippen LogP contribution in [0, 0.1) is 5.92 Å². The molecule has 2 aliphatic heterocycles. The van der Waals surface area contributed by atoms with Gasteiger partial charge in [-0.2, -0.15) is 0 Å². The molecule has 1 spiro atoms. The third-order valence-corrected chi connectivity index (χ3v) is 5.83. The molecule has 1 aromatic rings. The number of amides is 2. The smallest absolute Gasteiger partial charge is 0.409 e. The minimum Gasteiger partial charge on any atom is -0.466 e. The number of aliphatic hydroxyl groups is 1. The Bertz CT molecular complexity index is 745. The van der Waals surface area contributed by atoms with Crippen LogP contribution in [-0.2, 0) is 25.6 Å². The minimum absolute atomic E-state index is 0.167. The maximum Gasteiger partial charge on any atom is 0.409 e. The van der Waals surface area contributed by atoms with E-state index in [1.807, 2.05) is 30.3 Å². The number of rotatable bonds is 5. The van der Waals surface area contributed by atoms with E-state index in [0.717, 1.165) is 5.56 Å². The zero-order valence-electron chi connectivity index (χ0n) is 16.9. The highest BCUT2D eigenvalue weighted by Gasteiger charge is 2.62. The van der Waals surface area contributed by atoms with Crippen molar-refractivity contribution in [2.75, 3.05) is 26.3 Å². The fraction of sp³-hybridized carbons (Fsp3) is 0.571. The first kappa shape index (κ1) is 21.1. The van der Waals surface area contributed by atoms with E-state index in [9.17, 15) is 19.5 Å². The first-order chi connectivity index (χ1) is 13.9. The molecule has 8 nitrogen and oxygen atoms in total. The molecule has 2 heterocycles. The van der Waals surface area contributed by atoms with Crippen molar-refractivity contribution < 1.29 is 29.0 Å². The summed E-state index contributed by atoms with van der Waals surface area (Å²) in [6, 6.07) is 9.45. The van der Waals surface area contributed by atoms with E-state index >= 15 is 0 Å². The highest BCUT2D eigenvalue weighted by molar-refractivity contribution is 5.93. The van der Waals surface area contributed by atoms with Gasteiger partial charge in [0.2, 0.25) is 0 Å². The predicted molar refractivity (Wildman–Crippen MR) is 104 cm³/mol. The average Bonchev–Trinajstić information content (AvgIpc) is 2.91. The van der Waals surface area contributed by atoms with Crippen LogP contribution in [0.2, 0.25) is 0 Å². The third-order valence-electron chi connectivity index (χ3n) is 5.83. The van der Waals surface area contributed by atoms with Gasteiger partial charge in [0, 0.05) is 19.6 Å². The van der Waals surface area contributed by atoms with Crippen LogP contribution in [0.25, 0.3) is 0 Å². The number of aliphatic hydroxyl groups excluding tert-OH is 1. The fourth-order valence-corrected chi connectivity index (χ4v) is 4.44. The van der Waals surface area contributed by atoms with Crippen LogP contribution in [0.1, 0.15) is 32.3 Å². The van der Waals surface area contributed by atoms with Crippen molar-refractivity contribution in [3.63, 3.8) is 0 Å². The quantitative estimate of drug-likeness (QED) is 0.748. The van der Waals surface area contributed by atoms with Crippen molar-refractivity contribution in [2.45, 2.75) is 44.9 Å². The van der Waals surface area contributed by atoms with Gasteiger partial charge in [0.15, 0.2) is 0 Å². The van der Waals surface area contributed by atoms with Crippen molar-refractivity contribution in [3.8, 4) is 0 Å². The second kappa shape index (κ2) is 8.82. The third kappa shape index (κ3) is 3.94. The van der Waals surface area contributed by atoms with Crippen LogP contribution in [0.4, 0.5) is 4.79 Å². The molecule has 0 aromatic heterocycles. The van der Waals surface area contributed by atoms with Crippen LogP contribution in [0.5, 0.6) is 0 Å². The number of ether oxygens (including phenoxy) is 2. The van der Waals surface area contributed by atoms with Crippen LogP contribution >= 0.6 is 0 Å². The Hall–Kier alpha value is -2.61. The second-order valence-electron chi connectivity index (χ2n) is 7.37. The van der Waals surface area contributed by atoms with Crippen LogP contribution < -0.4 is 0 Å². The van der Waals surface area contributed by atoms with E-state index in [0.29, 0.717) is 25.9 Å². The number of esters is 1. The summed E-state index contributed by atoms with van der Waals surface area (Å²) in [5.41, 5.74) is 0.00598. The van der Waals surface area contributed by atoms with Gasteiger partial charge in [-0.1, -0.05) is 30.3 Å². The molecule has 3 rings (SSSR count). The Morgan fingerprint density at radius 3 is 2.31 bits per heavy atom. The Morgan fingerprint density at radius 1 is 1.10 bits per heavy atom. The molecule has 0 unspecified atom stereocenters. The van der Waals surface area contributed by atoms with Crippen molar-refractivity contribution >= 4 is 18.0 Å². The normalized spacial score (nSPS) is 23.3. The number of carbonyl (C=O) groups excluding carboxylic acids is 3. The van der Waals surface area contributed by atoms with Gasteiger partial charge >= 0.3 is 12.1 Å². The van der Waals surface area contributed by atoms with Crippen molar-refractivity contribution in [2.24, 2.45) is 5.92 Å². The lowest BCUT2D eigenvalue weighted by Crippen LogP contribution is -2.58. The molecule has 2 aliphatic rings. The van der Waals surface area contributed by atoms with Crippen molar-refractivity contribution in [1.82, 2.24) is 9.80 Å². The van der Waals surface area contributed by atoms with Gasteiger partial charge in [-0.15, -0.1) is 0 Å². The lowest BCUT2D eigenvalue weighted by Gasteiger charge is -2.46.